The Labute approximate surface area is 339 Å². The second-order valence-electron chi connectivity index (χ2n) is 13.8. The number of rotatable bonds is 6. The van der Waals surface area contributed by atoms with Crippen molar-refractivity contribution in [2.24, 2.45) is 0 Å². The molecule has 11 rings (SSSR count). The predicted octanol–water partition coefficient (Wildman–Crippen LogP) is 13.3. The number of thiophene rings is 1. The molecular formula is C52H33N3S. The SMILES string of the molecule is [2H]c1c([2H])c([2H])c2c(sc3c([2H])c([2H])c(-c4cccc(-c5nc(-c6ccccc6)nc(-c6cccc7c6-c6ccccc6C7(c6ccccc6)c6ccccc6)n5)c4)c([2H])c32)c1[2H]. The standard InChI is InChI=1S/C52H33N3S/c1-4-16-34(17-5-1)49-53-50(37-19-14-18-35(32-37)36-30-31-47-43(33-36)40-24-11-13-29-46(40)56-47)55-51(54-49)42-26-15-28-45-48(42)41-25-10-12-27-44(41)52(45,38-20-6-2-7-21-38)39-22-8-3-9-23-39/h1-33H/i11D,13D,24D,29D,30D,31D,33D. The average Bonchev–Trinajstić information content (AvgIpc) is 3.89. The predicted molar refractivity (Wildman–Crippen MR) is 232 cm³/mol. The zero-order chi connectivity index (χ0) is 43.1. The van der Waals surface area contributed by atoms with Crippen LogP contribution in [0.1, 0.15) is 31.8 Å². The Balaban J connectivity index is 1.14. The van der Waals surface area contributed by atoms with Crippen molar-refractivity contribution in [2.45, 2.75) is 5.41 Å². The summed E-state index contributed by atoms with van der Waals surface area (Å²) in [7, 11) is 0. The van der Waals surface area contributed by atoms with Crippen LogP contribution in [0.4, 0.5) is 0 Å². The van der Waals surface area contributed by atoms with Crippen LogP contribution in [0.2, 0.25) is 0 Å². The third kappa shape index (κ3) is 5.07. The zero-order valence-electron chi connectivity index (χ0n) is 36.8. The van der Waals surface area contributed by atoms with E-state index >= 15 is 0 Å². The Morgan fingerprint density at radius 2 is 1.00 bits per heavy atom. The van der Waals surface area contributed by atoms with Crippen LogP contribution >= 0.6 is 11.3 Å². The maximum absolute atomic E-state index is 9.47. The van der Waals surface area contributed by atoms with Gasteiger partial charge in [0.25, 0.3) is 0 Å². The fraction of sp³-hybridized carbons (Fsp3) is 0.0192. The van der Waals surface area contributed by atoms with Gasteiger partial charge in [-0.15, -0.1) is 11.3 Å². The van der Waals surface area contributed by atoms with Crippen molar-refractivity contribution >= 4 is 31.5 Å². The first-order valence-electron chi connectivity index (χ1n) is 21.9. The normalized spacial score (nSPS) is 14.5. The molecule has 4 heteroatoms. The first kappa shape index (κ1) is 25.9. The minimum Gasteiger partial charge on any atom is -0.208 e. The van der Waals surface area contributed by atoms with E-state index in [9.17, 15) is 1.37 Å². The summed E-state index contributed by atoms with van der Waals surface area (Å²) in [5.41, 5.74) is 8.94. The van der Waals surface area contributed by atoms with E-state index < -0.39 is 11.5 Å². The zero-order valence-corrected chi connectivity index (χ0v) is 30.6. The summed E-state index contributed by atoms with van der Waals surface area (Å²) in [5, 5.41) is 0.421. The first-order chi connectivity index (χ1) is 30.7. The summed E-state index contributed by atoms with van der Waals surface area (Å²) in [4.78, 5) is 15.5. The third-order valence-electron chi connectivity index (χ3n) is 10.7. The molecular weight excluding hydrogens is 699 g/mol. The monoisotopic (exact) mass is 738 g/mol. The van der Waals surface area contributed by atoms with Gasteiger partial charge in [-0.3, -0.25) is 0 Å². The van der Waals surface area contributed by atoms with Crippen molar-refractivity contribution in [1.29, 1.82) is 0 Å². The highest BCUT2D eigenvalue weighted by molar-refractivity contribution is 7.25. The fourth-order valence-corrected chi connectivity index (χ4v) is 9.20. The van der Waals surface area contributed by atoms with Gasteiger partial charge in [0, 0.05) is 36.9 Å². The maximum atomic E-state index is 9.47. The first-order valence-corrected chi connectivity index (χ1v) is 19.2. The molecule has 0 bridgehead atoms. The third-order valence-corrected chi connectivity index (χ3v) is 11.7. The molecule has 0 spiro atoms. The Bertz CT molecular complexity index is 3450. The lowest BCUT2D eigenvalue weighted by atomic mass is 9.67. The number of aromatic nitrogens is 3. The van der Waals surface area contributed by atoms with Crippen LogP contribution in [0.15, 0.2) is 200 Å². The molecule has 10 aromatic rings. The highest BCUT2D eigenvalue weighted by Gasteiger charge is 2.47. The van der Waals surface area contributed by atoms with E-state index in [1.54, 1.807) is 6.07 Å². The van der Waals surface area contributed by atoms with E-state index in [1.807, 2.05) is 60.7 Å². The second kappa shape index (κ2) is 13.1. The molecule has 0 saturated heterocycles. The minimum absolute atomic E-state index is 0.0837. The van der Waals surface area contributed by atoms with Crippen molar-refractivity contribution < 1.29 is 9.60 Å². The number of hydrogen-bond donors (Lipinski definition) is 0. The lowest BCUT2D eigenvalue weighted by Crippen LogP contribution is -2.28. The van der Waals surface area contributed by atoms with E-state index in [-0.39, 0.29) is 62.0 Å². The van der Waals surface area contributed by atoms with E-state index in [2.05, 4.69) is 91.0 Å². The van der Waals surface area contributed by atoms with Crippen LogP contribution in [-0.4, -0.2) is 15.0 Å². The molecule has 0 atom stereocenters. The largest absolute Gasteiger partial charge is 0.208 e. The average molecular weight is 739 g/mol. The Kier molecular flexibility index (Phi) is 6.05. The highest BCUT2D eigenvalue weighted by Crippen LogP contribution is 2.58. The van der Waals surface area contributed by atoms with Gasteiger partial charge < -0.3 is 0 Å². The van der Waals surface area contributed by atoms with Crippen LogP contribution in [-0.2, 0) is 5.41 Å². The van der Waals surface area contributed by atoms with Crippen LogP contribution in [0, 0.1) is 0 Å². The lowest BCUT2D eigenvalue weighted by molar-refractivity contribution is 0.768. The van der Waals surface area contributed by atoms with Crippen LogP contribution < -0.4 is 0 Å². The van der Waals surface area contributed by atoms with Gasteiger partial charge in [0.1, 0.15) is 0 Å². The van der Waals surface area contributed by atoms with Gasteiger partial charge in [-0.2, -0.15) is 0 Å². The van der Waals surface area contributed by atoms with Gasteiger partial charge in [0.05, 0.1) is 15.0 Å². The molecule has 0 fully saturated rings. The number of nitrogens with zero attached hydrogens (tertiary/aromatic N) is 3. The molecule has 2 aromatic heterocycles. The minimum atomic E-state index is -0.626. The van der Waals surface area contributed by atoms with Gasteiger partial charge in [-0.1, -0.05) is 176 Å². The highest BCUT2D eigenvalue weighted by atomic mass is 32.1. The van der Waals surface area contributed by atoms with Crippen molar-refractivity contribution in [2.75, 3.05) is 0 Å². The summed E-state index contributed by atoms with van der Waals surface area (Å²) < 4.78 is 62.1. The Morgan fingerprint density at radius 3 is 1.79 bits per heavy atom. The van der Waals surface area contributed by atoms with Crippen LogP contribution in [0.5, 0.6) is 0 Å². The van der Waals surface area contributed by atoms with E-state index in [1.165, 1.54) is 0 Å². The molecule has 0 unspecified atom stereocenters. The van der Waals surface area contributed by atoms with E-state index in [4.69, 9.17) is 23.2 Å². The number of benzene rings is 8. The van der Waals surface area contributed by atoms with Gasteiger partial charge >= 0.3 is 0 Å². The fourth-order valence-electron chi connectivity index (χ4n) is 8.28. The summed E-state index contributed by atoms with van der Waals surface area (Å²) in [6, 6.07) is 51.5. The lowest BCUT2D eigenvalue weighted by Gasteiger charge is -2.33. The number of fused-ring (bicyclic) bond motifs is 6. The van der Waals surface area contributed by atoms with E-state index in [0.717, 1.165) is 55.8 Å². The van der Waals surface area contributed by atoms with E-state index in [0.29, 0.717) is 28.6 Å². The molecule has 0 amide bonds. The molecule has 0 aliphatic heterocycles. The van der Waals surface area contributed by atoms with Crippen molar-refractivity contribution in [3.05, 3.63) is 222 Å². The molecule has 0 N–H and O–H groups in total. The number of hydrogen-bond acceptors (Lipinski definition) is 4. The van der Waals surface area contributed by atoms with Gasteiger partial charge in [-0.25, -0.2) is 15.0 Å². The molecule has 56 heavy (non-hydrogen) atoms. The quantitative estimate of drug-likeness (QED) is 0.170. The molecule has 0 radical (unpaired) electrons. The summed E-state index contributed by atoms with van der Waals surface area (Å²) in [6.45, 7) is 0. The van der Waals surface area contributed by atoms with Crippen molar-refractivity contribution in [1.82, 2.24) is 15.0 Å². The molecule has 262 valence electrons. The van der Waals surface area contributed by atoms with Gasteiger partial charge in [-0.05, 0) is 68.7 Å². The molecule has 1 aliphatic carbocycles. The van der Waals surface area contributed by atoms with Crippen molar-refractivity contribution in [3.8, 4) is 56.4 Å². The smallest absolute Gasteiger partial charge is 0.164 e. The summed E-state index contributed by atoms with van der Waals surface area (Å²) >= 11 is 1.02. The van der Waals surface area contributed by atoms with Crippen LogP contribution in [0.25, 0.3) is 76.6 Å². The Morgan fingerprint density at radius 1 is 0.429 bits per heavy atom. The Hall–Kier alpha value is -7.01. The molecule has 3 nitrogen and oxygen atoms in total. The van der Waals surface area contributed by atoms with Gasteiger partial charge in [0.15, 0.2) is 17.5 Å². The summed E-state index contributed by atoms with van der Waals surface area (Å²) in [5.74, 6) is 1.32. The maximum Gasteiger partial charge on any atom is 0.164 e. The molecule has 2 heterocycles. The molecule has 0 saturated carbocycles. The van der Waals surface area contributed by atoms with Crippen molar-refractivity contribution in [3.63, 3.8) is 0 Å². The second-order valence-corrected chi connectivity index (χ2v) is 14.8. The summed E-state index contributed by atoms with van der Waals surface area (Å²) in [6.07, 6.45) is 0. The molecule has 1 aliphatic rings. The molecule has 8 aromatic carbocycles. The van der Waals surface area contributed by atoms with Gasteiger partial charge in [0.2, 0.25) is 0 Å². The topological polar surface area (TPSA) is 38.7 Å². The van der Waals surface area contributed by atoms with Crippen LogP contribution in [0.3, 0.4) is 0 Å².